The number of halogens is 5. The number of nitrogens with one attached hydrogen (secondary N) is 1. The molecule has 2 amide bonds. The van der Waals surface area contributed by atoms with Gasteiger partial charge in [0.15, 0.2) is 5.69 Å². The number of amides is 2. The summed E-state index contributed by atoms with van der Waals surface area (Å²) in [7, 11) is 1.48. The summed E-state index contributed by atoms with van der Waals surface area (Å²) in [6.07, 6.45) is -3.87. The monoisotopic (exact) mass is 521 g/mol. The van der Waals surface area contributed by atoms with E-state index in [0.717, 1.165) is 29.1 Å². The molecule has 4 rings (SSSR count). The van der Waals surface area contributed by atoms with Crippen LogP contribution >= 0.6 is 11.6 Å². The number of carbonyl (C=O) groups is 2. The van der Waals surface area contributed by atoms with Crippen molar-refractivity contribution in [2.75, 3.05) is 12.4 Å². The Labute approximate surface area is 205 Å². The summed E-state index contributed by atoms with van der Waals surface area (Å²) in [5.41, 5.74) is 3.11. The lowest BCUT2D eigenvalue weighted by molar-refractivity contribution is -0.140. The molecule has 0 saturated carbocycles. The molecule has 0 aliphatic carbocycles. The predicted molar refractivity (Wildman–Crippen MR) is 123 cm³/mol. The minimum absolute atomic E-state index is 0.00285. The molecule has 3 N–H and O–H groups in total. The SMILES string of the molecule is COc1ccc(Cn2cc(NC(=O)c3cc(C(N)=O)nc4cc(F)c(Cl)cc34)c(C(F)(F)F)n2)cc1. The molecule has 8 nitrogen and oxygen atoms in total. The highest BCUT2D eigenvalue weighted by atomic mass is 35.5. The van der Waals surface area contributed by atoms with Gasteiger partial charge in [-0.1, -0.05) is 23.7 Å². The van der Waals surface area contributed by atoms with Gasteiger partial charge in [-0.25, -0.2) is 9.37 Å². The third-order valence-electron chi connectivity index (χ3n) is 5.13. The second-order valence-corrected chi connectivity index (χ2v) is 8.00. The zero-order valence-electron chi connectivity index (χ0n) is 18.4. The highest BCUT2D eigenvalue weighted by molar-refractivity contribution is 6.31. The first-order valence-electron chi connectivity index (χ1n) is 10.1. The fourth-order valence-electron chi connectivity index (χ4n) is 3.45. The van der Waals surface area contributed by atoms with E-state index < -0.39 is 35.2 Å². The summed E-state index contributed by atoms with van der Waals surface area (Å²) in [6, 6.07) is 9.55. The molecule has 0 unspecified atom stereocenters. The van der Waals surface area contributed by atoms with E-state index in [2.05, 4.69) is 15.4 Å². The van der Waals surface area contributed by atoms with Crippen molar-refractivity contribution in [1.82, 2.24) is 14.8 Å². The van der Waals surface area contributed by atoms with Crippen molar-refractivity contribution >= 4 is 40.0 Å². The second kappa shape index (κ2) is 9.46. The number of ether oxygens (including phenoxy) is 1. The number of aromatic nitrogens is 3. The lowest BCUT2D eigenvalue weighted by Gasteiger charge is -2.11. The molecule has 2 aromatic heterocycles. The molecular formula is C23H16ClF4N5O3. The average molecular weight is 522 g/mol. The third kappa shape index (κ3) is 5.08. The van der Waals surface area contributed by atoms with Crippen LogP contribution in [0.25, 0.3) is 10.9 Å². The normalized spacial score (nSPS) is 11.5. The fourth-order valence-corrected chi connectivity index (χ4v) is 3.61. The number of anilines is 1. The van der Waals surface area contributed by atoms with Crippen LogP contribution in [-0.4, -0.2) is 33.7 Å². The van der Waals surface area contributed by atoms with E-state index in [9.17, 15) is 27.2 Å². The molecule has 0 saturated heterocycles. The molecule has 36 heavy (non-hydrogen) atoms. The first kappa shape index (κ1) is 24.9. The molecule has 0 aliphatic heterocycles. The quantitative estimate of drug-likeness (QED) is 0.359. The number of nitrogens with zero attached hydrogens (tertiary/aromatic N) is 3. The molecule has 0 fully saturated rings. The summed E-state index contributed by atoms with van der Waals surface area (Å²) < 4.78 is 61.1. The van der Waals surface area contributed by atoms with Gasteiger partial charge in [-0.3, -0.25) is 14.3 Å². The van der Waals surface area contributed by atoms with Crippen LogP contribution in [0.3, 0.4) is 0 Å². The van der Waals surface area contributed by atoms with Gasteiger partial charge in [0.25, 0.3) is 11.8 Å². The maximum absolute atomic E-state index is 13.9. The van der Waals surface area contributed by atoms with Crippen LogP contribution in [0.4, 0.5) is 23.2 Å². The molecule has 0 spiro atoms. The lowest BCUT2D eigenvalue weighted by atomic mass is 10.1. The molecule has 0 aliphatic rings. The van der Waals surface area contributed by atoms with Crippen LogP contribution in [0.2, 0.25) is 5.02 Å². The Bertz CT molecular complexity index is 1490. The van der Waals surface area contributed by atoms with Crippen LogP contribution in [0.5, 0.6) is 5.75 Å². The molecular weight excluding hydrogens is 506 g/mol. The van der Waals surface area contributed by atoms with Crippen molar-refractivity contribution in [2.45, 2.75) is 12.7 Å². The molecule has 4 aromatic rings. The maximum Gasteiger partial charge on any atom is 0.437 e. The number of rotatable bonds is 6. The standard InChI is InChI=1S/C23H16ClF4N5O3/c1-36-12-4-2-11(3-5-12)9-33-10-19(20(32-33)23(26,27)28)31-22(35)14-7-18(21(29)34)30-17-8-16(25)15(24)6-13(14)17/h2-8,10H,9H2,1H3,(H2,29,34)(H,31,35). The number of nitrogens with two attached hydrogens (primary N) is 1. The van der Waals surface area contributed by atoms with Crippen molar-refractivity contribution in [3.05, 3.63) is 82.0 Å². The van der Waals surface area contributed by atoms with E-state index in [-0.39, 0.29) is 33.7 Å². The maximum atomic E-state index is 13.9. The smallest absolute Gasteiger partial charge is 0.437 e. The largest absolute Gasteiger partial charge is 0.497 e. The first-order chi connectivity index (χ1) is 17.0. The van der Waals surface area contributed by atoms with E-state index in [1.807, 2.05) is 0 Å². The Morgan fingerprint density at radius 1 is 1.17 bits per heavy atom. The van der Waals surface area contributed by atoms with Gasteiger partial charge in [0.1, 0.15) is 17.3 Å². The Kier molecular flexibility index (Phi) is 6.55. The summed E-state index contributed by atoms with van der Waals surface area (Å²) in [6.45, 7) is -0.0260. The Balaban J connectivity index is 1.73. The van der Waals surface area contributed by atoms with Gasteiger partial charge in [-0.2, -0.15) is 18.3 Å². The van der Waals surface area contributed by atoms with Gasteiger partial charge in [0.05, 0.1) is 35.4 Å². The van der Waals surface area contributed by atoms with Crippen LogP contribution in [-0.2, 0) is 12.7 Å². The zero-order valence-corrected chi connectivity index (χ0v) is 19.1. The molecule has 13 heteroatoms. The van der Waals surface area contributed by atoms with Gasteiger partial charge in [-0.15, -0.1) is 0 Å². The van der Waals surface area contributed by atoms with Gasteiger partial charge in [0.2, 0.25) is 0 Å². The number of carbonyl (C=O) groups excluding carboxylic acids is 2. The van der Waals surface area contributed by atoms with Gasteiger partial charge < -0.3 is 15.8 Å². The fraction of sp³-hybridized carbons (Fsp3) is 0.130. The van der Waals surface area contributed by atoms with Crippen LogP contribution < -0.4 is 15.8 Å². The summed E-state index contributed by atoms with van der Waals surface area (Å²) in [5.74, 6) is -2.36. The van der Waals surface area contributed by atoms with E-state index >= 15 is 0 Å². The van der Waals surface area contributed by atoms with E-state index in [4.69, 9.17) is 22.1 Å². The van der Waals surface area contributed by atoms with Gasteiger partial charge in [0, 0.05) is 17.6 Å². The number of fused-ring (bicyclic) bond motifs is 1. The van der Waals surface area contributed by atoms with Crippen molar-refractivity contribution in [2.24, 2.45) is 5.73 Å². The number of benzene rings is 2. The summed E-state index contributed by atoms with van der Waals surface area (Å²) >= 11 is 5.82. The van der Waals surface area contributed by atoms with Crippen molar-refractivity contribution in [3.8, 4) is 5.75 Å². The summed E-state index contributed by atoms with van der Waals surface area (Å²) in [4.78, 5) is 28.6. The number of primary amides is 1. The van der Waals surface area contributed by atoms with Crippen LogP contribution in [0.1, 0.15) is 32.1 Å². The van der Waals surface area contributed by atoms with Crippen LogP contribution in [0.15, 0.2) is 48.7 Å². The highest BCUT2D eigenvalue weighted by Gasteiger charge is 2.38. The number of hydrogen-bond acceptors (Lipinski definition) is 5. The molecule has 0 atom stereocenters. The Morgan fingerprint density at radius 3 is 2.47 bits per heavy atom. The highest BCUT2D eigenvalue weighted by Crippen LogP contribution is 2.34. The number of hydrogen-bond donors (Lipinski definition) is 2. The minimum atomic E-state index is -4.89. The number of alkyl halides is 3. The van der Waals surface area contributed by atoms with Crippen molar-refractivity contribution in [3.63, 3.8) is 0 Å². The number of pyridine rings is 1. The van der Waals surface area contributed by atoms with Gasteiger partial charge >= 0.3 is 6.18 Å². The van der Waals surface area contributed by atoms with Crippen molar-refractivity contribution < 1.29 is 31.9 Å². The van der Waals surface area contributed by atoms with E-state index in [0.29, 0.717) is 11.3 Å². The topological polar surface area (TPSA) is 112 Å². The molecule has 0 radical (unpaired) electrons. The van der Waals surface area contributed by atoms with Crippen molar-refractivity contribution in [1.29, 1.82) is 0 Å². The third-order valence-corrected chi connectivity index (χ3v) is 5.42. The van der Waals surface area contributed by atoms with Crippen LogP contribution in [0, 0.1) is 5.82 Å². The Morgan fingerprint density at radius 2 is 1.86 bits per heavy atom. The van der Waals surface area contributed by atoms with E-state index in [1.54, 1.807) is 24.3 Å². The summed E-state index contributed by atoms with van der Waals surface area (Å²) in [5, 5.41) is 5.41. The molecule has 2 heterocycles. The zero-order chi connectivity index (χ0) is 26.2. The second-order valence-electron chi connectivity index (χ2n) is 7.59. The lowest BCUT2D eigenvalue weighted by Crippen LogP contribution is -2.19. The molecule has 2 aromatic carbocycles. The average Bonchev–Trinajstić information content (AvgIpc) is 3.22. The van der Waals surface area contributed by atoms with E-state index in [1.165, 1.54) is 7.11 Å². The minimum Gasteiger partial charge on any atom is -0.497 e. The Hall–Kier alpha value is -4.19. The molecule has 186 valence electrons. The molecule has 0 bridgehead atoms. The number of methoxy groups -OCH3 is 1. The van der Waals surface area contributed by atoms with Gasteiger partial charge in [-0.05, 0) is 29.8 Å². The predicted octanol–water partition coefficient (Wildman–Crippen LogP) is 4.65. The first-order valence-corrected chi connectivity index (χ1v) is 10.5.